The van der Waals surface area contributed by atoms with Crippen molar-refractivity contribution in [3.63, 3.8) is 0 Å². The van der Waals surface area contributed by atoms with Crippen LogP contribution in [-0.4, -0.2) is 21.9 Å². The summed E-state index contributed by atoms with van der Waals surface area (Å²) in [5.41, 5.74) is 8.96. The van der Waals surface area contributed by atoms with Crippen molar-refractivity contribution >= 4 is 11.4 Å². The quantitative estimate of drug-likeness (QED) is 0.151. The van der Waals surface area contributed by atoms with Crippen molar-refractivity contribution in [2.75, 3.05) is 9.80 Å². The van der Waals surface area contributed by atoms with E-state index in [0.717, 1.165) is 22.5 Å². The Morgan fingerprint density at radius 1 is 0.558 bits per heavy atom. The van der Waals surface area contributed by atoms with E-state index in [9.17, 15) is 0 Å². The molecule has 0 saturated heterocycles. The van der Waals surface area contributed by atoms with E-state index in [1.807, 2.05) is 0 Å². The van der Waals surface area contributed by atoms with Gasteiger partial charge < -0.3 is 19.6 Å². The maximum Gasteiger partial charge on any atom is 4.00 e. The van der Waals surface area contributed by atoms with Gasteiger partial charge in [-0.25, -0.2) is 0 Å². The van der Waals surface area contributed by atoms with Gasteiger partial charge in [0, 0.05) is 17.5 Å². The summed E-state index contributed by atoms with van der Waals surface area (Å²) in [4.78, 5) is 9.40. The number of rotatable bonds is 0. The van der Waals surface area contributed by atoms with Gasteiger partial charge in [0.05, 0.1) is 0 Å². The van der Waals surface area contributed by atoms with Gasteiger partial charge in [0.1, 0.15) is 0 Å². The summed E-state index contributed by atoms with van der Waals surface area (Å²) in [5.74, 6) is 0. The zero-order valence-corrected chi connectivity index (χ0v) is 26.1. The van der Waals surface area contributed by atoms with Gasteiger partial charge in [0.2, 0.25) is 0 Å². The SMILES string of the molecule is [Pt+4].[c-]1c2cccc1C1(c3[c-]c(ccc3)N3C=CN([CH-]3)C3CCCCCC3N3C=CN2[CH-]3)c2ccccc2-c2ccccc21. The van der Waals surface area contributed by atoms with Crippen molar-refractivity contribution < 1.29 is 21.1 Å². The van der Waals surface area contributed by atoms with Crippen molar-refractivity contribution in [2.45, 2.75) is 49.6 Å². The van der Waals surface area contributed by atoms with Gasteiger partial charge >= 0.3 is 21.1 Å². The van der Waals surface area contributed by atoms with Gasteiger partial charge in [-0.05, 0) is 59.9 Å². The minimum absolute atomic E-state index is 0. The maximum atomic E-state index is 3.93. The standard InChI is InChI=1S/C38H32N4.Pt/c1-2-18-36-37(19-3-1)42-23-21-40(27-42)31-13-9-11-29(25-31)38(28-10-8-12-30(24-28)39-20-22-41(36)26-39)34-16-6-4-14-32(34)33-15-5-7-17-35(33)38;/h4-17,20-23,26-27,36-37H,1-3,18-19H2;/q-4;+4. The molecule has 4 aromatic carbocycles. The molecule has 1 spiro atoms. The molecule has 43 heavy (non-hydrogen) atoms. The van der Waals surface area contributed by atoms with Gasteiger partial charge in [-0.15, -0.1) is 22.5 Å². The molecule has 3 aliphatic heterocycles. The van der Waals surface area contributed by atoms with Gasteiger partial charge in [-0.2, -0.15) is 61.9 Å². The molecule has 9 rings (SSSR count). The molecule has 4 nitrogen and oxygen atoms in total. The largest absolute Gasteiger partial charge is 4.00 e. The van der Waals surface area contributed by atoms with Crippen LogP contribution in [0.1, 0.15) is 54.4 Å². The van der Waals surface area contributed by atoms with E-state index < -0.39 is 5.41 Å². The molecule has 1 fully saturated rings. The molecule has 0 aromatic heterocycles. The average Bonchev–Trinajstić information content (AvgIpc) is 3.75. The molecule has 2 unspecified atom stereocenters. The van der Waals surface area contributed by atoms with E-state index >= 15 is 0 Å². The summed E-state index contributed by atoms with van der Waals surface area (Å²) in [7, 11) is 0. The summed E-state index contributed by atoms with van der Waals surface area (Å²) in [5, 5.41) is 0. The number of nitrogens with zero attached hydrogens (tertiary/aromatic N) is 4. The second kappa shape index (κ2) is 10.5. The van der Waals surface area contributed by atoms with E-state index in [2.05, 4.69) is 155 Å². The first-order valence-electron chi connectivity index (χ1n) is 15.2. The predicted molar refractivity (Wildman–Crippen MR) is 168 cm³/mol. The summed E-state index contributed by atoms with van der Waals surface area (Å²) >= 11 is 0. The minimum Gasteiger partial charge on any atom is -0.504 e. The first kappa shape index (κ1) is 26.8. The molecule has 1 saturated carbocycles. The zero-order valence-electron chi connectivity index (χ0n) is 23.8. The van der Waals surface area contributed by atoms with Crippen molar-refractivity contribution in [2.24, 2.45) is 0 Å². The van der Waals surface area contributed by atoms with Gasteiger partial charge in [0.15, 0.2) is 0 Å². The molecule has 5 heteroatoms. The molecule has 0 radical (unpaired) electrons. The minimum atomic E-state index is -0.544. The van der Waals surface area contributed by atoms with E-state index in [1.54, 1.807) is 0 Å². The number of fused-ring (bicyclic) bond motifs is 20. The summed E-state index contributed by atoms with van der Waals surface area (Å²) in [6, 6.07) is 39.7. The third-order valence-electron chi connectivity index (χ3n) is 9.90. The fraction of sp³-hybridized carbons (Fsp3) is 0.211. The second-order valence-corrected chi connectivity index (χ2v) is 12.0. The van der Waals surface area contributed by atoms with Crippen LogP contribution in [0.3, 0.4) is 0 Å². The smallest absolute Gasteiger partial charge is 0.504 e. The van der Waals surface area contributed by atoms with E-state index in [4.69, 9.17) is 0 Å². The van der Waals surface area contributed by atoms with Crippen LogP contribution in [0, 0.1) is 25.5 Å². The fourth-order valence-electron chi connectivity index (χ4n) is 7.99. The molecule has 2 aliphatic carbocycles. The summed E-state index contributed by atoms with van der Waals surface area (Å²) < 4.78 is 0. The molecule has 0 N–H and O–H groups in total. The Balaban J connectivity index is 0.00000278. The Morgan fingerprint density at radius 3 is 1.56 bits per heavy atom. The van der Waals surface area contributed by atoms with Crippen LogP contribution in [0.5, 0.6) is 0 Å². The molecule has 4 aromatic rings. The normalized spacial score (nSPS) is 22.3. The summed E-state index contributed by atoms with van der Waals surface area (Å²) in [6.07, 6.45) is 15.1. The van der Waals surface area contributed by atoms with Crippen molar-refractivity contribution in [3.05, 3.63) is 157 Å². The van der Waals surface area contributed by atoms with E-state index in [1.165, 1.54) is 54.4 Å². The number of hydrogen-bond acceptors (Lipinski definition) is 4. The fourth-order valence-corrected chi connectivity index (χ4v) is 7.99. The van der Waals surface area contributed by atoms with Crippen LogP contribution < -0.4 is 9.80 Å². The first-order chi connectivity index (χ1) is 20.8. The average molecular weight is 740 g/mol. The van der Waals surface area contributed by atoms with Gasteiger partial charge in [-0.3, -0.25) is 0 Å². The molecule has 5 aliphatic rings. The third kappa shape index (κ3) is 3.99. The molecular formula is C38H32N4Pt. The van der Waals surface area contributed by atoms with E-state index in [-0.39, 0.29) is 21.1 Å². The monoisotopic (exact) mass is 739 g/mol. The number of anilines is 2. The van der Waals surface area contributed by atoms with E-state index in [0.29, 0.717) is 12.1 Å². The Kier molecular flexibility index (Phi) is 6.53. The van der Waals surface area contributed by atoms with Crippen molar-refractivity contribution in [1.82, 2.24) is 9.80 Å². The van der Waals surface area contributed by atoms with Crippen LogP contribution in [0.25, 0.3) is 11.1 Å². The molecule has 8 bridgehead atoms. The molecule has 0 amide bonds. The molecule has 2 atom stereocenters. The number of hydrogen-bond donors (Lipinski definition) is 0. The first-order valence-corrected chi connectivity index (χ1v) is 15.2. The Hall–Kier alpha value is -3.75. The van der Waals surface area contributed by atoms with Crippen LogP contribution in [0.4, 0.5) is 11.4 Å². The second-order valence-electron chi connectivity index (χ2n) is 12.0. The predicted octanol–water partition coefficient (Wildman–Crippen LogP) is 7.79. The number of benzene rings is 4. The molecule has 3 heterocycles. The van der Waals surface area contributed by atoms with Crippen LogP contribution in [0.2, 0.25) is 0 Å². The third-order valence-corrected chi connectivity index (χ3v) is 9.90. The van der Waals surface area contributed by atoms with Crippen molar-refractivity contribution in [1.29, 1.82) is 0 Å². The van der Waals surface area contributed by atoms with Crippen LogP contribution in [0.15, 0.2) is 110 Å². The molecule has 214 valence electrons. The van der Waals surface area contributed by atoms with Gasteiger partial charge in [-0.1, -0.05) is 67.8 Å². The van der Waals surface area contributed by atoms with Crippen LogP contribution >= 0.6 is 0 Å². The van der Waals surface area contributed by atoms with Crippen LogP contribution in [-0.2, 0) is 26.5 Å². The maximum absolute atomic E-state index is 3.93. The molecular weight excluding hydrogens is 708 g/mol. The van der Waals surface area contributed by atoms with Crippen molar-refractivity contribution in [3.8, 4) is 11.1 Å². The zero-order chi connectivity index (χ0) is 27.7. The Labute approximate surface area is 269 Å². The summed E-state index contributed by atoms with van der Waals surface area (Å²) in [6.45, 7) is 4.57. The topological polar surface area (TPSA) is 13.0 Å². The van der Waals surface area contributed by atoms with Gasteiger partial charge in [0.25, 0.3) is 0 Å². The Bertz CT molecular complexity index is 1620. The Morgan fingerprint density at radius 2 is 1.05 bits per heavy atom.